The number of carbonyl (C=O) groups excluding carboxylic acids is 1. The van der Waals surface area contributed by atoms with Crippen molar-refractivity contribution < 1.29 is 27.8 Å². The third kappa shape index (κ3) is 4.67. The number of aliphatic hydroxyl groups excluding tert-OH is 1. The number of halogens is 3. The Bertz CT molecular complexity index is 939. The highest BCUT2D eigenvalue weighted by molar-refractivity contribution is 5.96. The van der Waals surface area contributed by atoms with Crippen molar-refractivity contribution in [2.75, 3.05) is 12.4 Å². The van der Waals surface area contributed by atoms with Gasteiger partial charge in [-0.1, -0.05) is 0 Å². The van der Waals surface area contributed by atoms with Gasteiger partial charge in [0.15, 0.2) is 0 Å². The van der Waals surface area contributed by atoms with E-state index < -0.39 is 24.0 Å². The van der Waals surface area contributed by atoms with Crippen molar-refractivity contribution in [3.05, 3.63) is 53.6 Å². The van der Waals surface area contributed by atoms with E-state index in [0.29, 0.717) is 12.8 Å². The van der Waals surface area contributed by atoms with Crippen molar-refractivity contribution in [1.29, 1.82) is 5.26 Å². The van der Waals surface area contributed by atoms with Crippen LogP contribution in [0.5, 0.6) is 11.5 Å². The lowest BCUT2D eigenvalue weighted by molar-refractivity contribution is -0.137. The molecular weight excluding hydrogens is 387 g/mol. The summed E-state index contributed by atoms with van der Waals surface area (Å²) in [7, 11) is 1.64. The number of amides is 1. The van der Waals surface area contributed by atoms with Crippen molar-refractivity contribution in [2.45, 2.75) is 31.3 Å². The number of ether oxygens (including phenoxy) is 1. The number of carbonyl (C=O) groups is 1. The third-order valence-corrected chi connectivity index (χ3v) is 4.75. The highest BCUT2D eigenvalue weighted by atomic mass is 19.4. The molecule has 3 rings (SSSR count). The number of likely N-dealkylation sites (tertiary alicyclic amines) is 1. The number of aliphatic hydroxyl groups is 1. The molecule has 9 heteroatoms. The number of hydrogen-bond acceptors (Lipinski definition) is 5. The quantitative estimate of drug-likeness (QED) is 0.810. The summed E-state index contributed by atoms with van der Waals surface area (Å²) in [6.07, 6.45) is -4.19. The molecule has 0 aromatic heterocycles. The van der Waals surface area contributed by atoms with E-state index in [1.54, 1.807) is 11.9 Å². The van der Waals surface area contributed by atoms with Crippen LogP contribution in [-0.2, 0) is 11.0 Å². The lowest BCUT2D eigenvalue weighted by Crippen LogP contribution is -2.40. The summed E-state index contributed by atoms with van der Waals surface area (Å²) < 4.78 is 43.5. The third-order valence-electron chi connectivity index (χ3n) is 4.75. The van der Waals surface area contributed by atoms with Gasteiger partial charge in [0.1, 0.15) is 23.8 Å². The van der Waals surface area contributed by atoms with Crippen molar-refractivity contribution in [2.24, 2.45) is 0 Å². The molecule has 2 aromatic carbocycles. The molecule has 1 heterocycles. The van der Waals surface area contributed by atoms with Crippen LogP contribution in [0.15, 0.2) is 42.5 Å². The molecule has 0 bridgehead atoms. The van der Waals surface area contributed by atoms with E-state index in [-0.39, 0.29) is 28.7 Å². The second kappa shape index (κ2) is 8.11. The Labute approximate surface area is 165 Å². The second-order valence-electron chi connectivity index (χ2n) is 6.67. The topological polar surface area (TPSA) is 85.6 Å². The fraction of sp³-hybridized carbons (Fsp3) is 0.300. The number of anilines is 1. The van der Waals surface area contributed by atoms with Gasteiger partial charge in [-0.3, -0.25) is 9.69 Å². The van der Waals surface area contributed by atoms with Gasteiger partial charge in [0.05, 0.1) is 22.9 Å². The van der Waals surface area contributed by atoms with Gasteiger partial charge < -0.3 is 15.2 Å². The summed E-state index contributed by atoms with van der Waals surface area (Å²) in [5.41, 5.74) is -0.364. The van der Waals surface area contributed by atoms with E-state index in [4.69, 9.17) is 4.74 Å². The monoisotopic (exact) mass is 405 g/mol. The first-order valence-electron chi connectivity index (χ1n) is 8.79. The first-order valence-corrected chi connectivity index (χ1v) is 8.79. The molecule has 1 aliphatic rings. The molecule has 6 nitrogen and oxygen atoms in total. The molecule has 1 aliphatic heterocycles. The molecule has 1 saturated heterocycles. The summed E-state index contributed by atoms with van der Waals surface area (Å²) in [5, 5.41) is 21.7. The van der Waals surface area contributed by atoms with E-state index in [2.05, 4.69) is 5.32 Å². The van der Waals surface area contributed by atoms with E-state index in [1.807, 2.05) is 6.07 Å². The van der Waals surface area contributed by atoms with Gasteiger partial charge in [0, 0.05) is 6.07 Å². The van der Waals surface area contributed by atoms with Crippen LogP contribution >= 0.6 is 0 Å². The first kappa shape index (κ1) is 20.6. The Morgan fingerprint density at radius 2 is 1.86 bits per heavy atom. The van der Waals surface area contributed by atoms with Gasteiger partial charge in [-0.15, -0.1) is 0 Å². The fourth-order valence-corrected chi connectivity index (χ4v) is 3.09. The average molecular weight is 405 g/mol. The van der Waals surface area contributed by atoms with Gasteiger partial charge in [-0.2, -0.15) is 18.4 Å². The molecule has 0 radical (unpaired) electrons. The smallest absolute Gasteiger partial charge is 0.416 e. The normalized spacial score (nSPS) is 19.6. The van der Waals surface area contributed by atoms with E-state index in [1.165, 1.54) is 30.3 Å². The van der Waals surface area contributed by atoms with Crippen LogP contribution in [0.25, 0.3) is 0 Å². The van der Waals surface area contributed by atoms with Crippen LogP contribution in [-0.4, -0.2) is 35.2 Å². The van der Waals surface area contributed by atoms with Crippen LogP contribution in [0.1, 0.15) is 24.0 Å². The summed E-state index contributed by atoms with van der Waals surface area (Å²) in [6.45, 7) is 0. The lowest BCUT2D eigenvalue weighted by Gasteiger charge is -2.21. The summed E-state index contributed by atoms with van der Waals surface area (Å²) >= 11 is 0. The maximum atomic E-state index is 12.7. The predicted molar refractivity (Wildman–Crippen MR) is 98.1 cm³/mol. The second-order valence-corrected chi connectivity index (χ2v) is 6.67. The van der Waals surface area contributed by atoms with Crippen LogP contribution in [0.3, 0.4) is 0 Å². The molecule has 2 N–H and O–H groups in total. The molecule has 0 spiro atoms. The Balaban J connectivity index is 1.77. The average Bonchev–Trinajstić information content (AvgIpc) is 3.00. The number of likely N-dealkylation sites (N-methyl/N-ethyl adjacent to an activating group) is 1. The molecule has 152 valence electrons. The lowest BCUT2D eigenvalue weighted by atomic mass is 10.1. The summed E-state index contributed by atoms with van der Waals surface area (Å²) in [6, 6.07) is 9.99. The van der Waals surface area contributed by atoms with Crippen molar-refractivity contribution in [1.82, 2.24) is 4.90 Å². The molecule has 2 atom stereocenters. The van der Waals surface area contributed by atoms with Crippen molar-refractivity contribution in [3.8, 4) is 17.6 Å². The molecule has 1 fully saturated rings. The zero-order chi connectivity index (χ0) is 21.2. The Kier molecular flexibility index (Phi) is 5.77. The van der Waals surface area contributed by atoms with Crippen molar-refractivity contribution >= 4 is 11.6 Å². The van der Waals surface area contributed by atoms with Gasteiger partial charge >= 0.3 is 6.18 Å². The van der Waals surface area contributed by atoms with E-state index >= 15 is 0 Å². The number of nitrogens with one attached hydrogen (secondary N) is 1. The maximum Gasteiger partial charge on any atom is 0.416 e. The van der Waals surface area contributed by atoms with Gasteiger partial charge in [0.25, 0.3) is 0 Å². The minimum Gasteiger partial charge on any atom is -0.457 e. The Hall–Kier alpha value is -3.09. The SMILES string of the molecule is CN1C(O)CCC1C(=O)Nc1cc(Oc2ccc(C(F)(F)F)cc2)ccc1C#N. The van der Waals surface area contributed by atoms with Crippen LogP contribution in [0.4, 0.5) is 18.9 Å². The summed E-state index contributed by atoms with van der Waals surface area (Å²) in [4.78, 5) is 14.1. The molecule has 0 aliphatic carbocycles. The molecule has 0 saturated carbocycles. The standard InChI is InChI=1S/C20H18F3N3O3/c1-26-17(8-9-18(26)27)19(28)25-16-10-15(5-2-12(16)11-24)29-14-6-3-13(4-7-14)20(21,22)23/h2-7,10,17-18,27H,8-9H2,1H3,(H,25,28). The fourth-order valence-electron chi connectivity index (χ4n) is 3.09. The molecule has 2 unspecified atom stereocenters. The first-order chi connectivity index (χ1) is 13.7. The number of alkyl halides is 3. The van der Waals surface area contributed by atoms with Gasteiger partial charge in [-0.25, -0.2) is 0 Å². The number of hydrogen-bond donors (Lipinski definition) is 2. The number of nitrogens with zero attached hydrogens (tertiary/aromatic N) is 2. The zero-order valence-corrected chi connectivity index (χ0v) is 15.4. The Morgan fingerprint density at radius 1 is 1.21 bits per heavy atom. The molecule has 1 amide bonds. The highest BCUT2D eigenvalue weighted by Crippen LogP contribution is 2.32. The van der Waals surface area contributed by atoms with Gasteiger partial charge in [0.2, 0.25) is 5.91 Å². The van der Waals surface area contributed by atoms with Crippen LogP contribution < -0.4 is 10.1 Å². The number of rotatable bonds is 4. The summed E-state index contributed by atoms with van der Waals surface area (Å²) in [5.74, 6) is 0.0599. The molecular formula is C20H18F3N3O3. The predicted octanol–water partition coefficient (Wildman–Crippen LogP) is 3.72. The minimum absolute atomic E-state index is 0.179. The van der Waals surface area contributed by atoms with E-state index in [9.17, 15) is 28.3 Å². The van der Waals surface area contributed by atoms with Crippen LogP contribution in [0.2, 0.25) is 0 Å². The zero-order valence-electron chi connectivity index (χ0n) is 15.4. The largest absolute Gasteiger partial charge is 0.457 e. The van der Waals surface area contributed by atoms with Gasteiger partial charge in [-0.05, 0) is 56.3 Å². The molecule has 2 aromatic rings. The maximum absolute atomic E-state index is 12.7. The van der Waals surface area contributed by atoms with E-state index in [0.717, 1.165) is 12.1 Å². The number of nitriles is 1. The number of benzene rings is 2. The van der Waals surface area contributed by atoms with Crippen LogP contribution in [0, 0.1) is 11.3 Å². The minimum atomic E-state index is -4.44. The van der Waals surface area contributed by atoms with Crippen molar-refractivity contribution in [3.63, 3.8) is 0 Å². The molecule has 29 heavy (non-hydrogen) atoms. The highest BCUT2D eigenvalue weighted by Gasteiger charge is 2.34. The Morgan fingerprint density at radius 3 is 2.41 bits per heavy atom.